The van der Waals surface area contributed by atoms with Crippen LogP contribution in [0.2, 0.25) is 0 Å². The van der Waals surface area contributed by atoms with Crippen LogP contribution in [0.1, 0.15) is 450 Å². The molecule has 0 aromatic heterocycles. The van der Waals surface area contributed by atoms with E-state index in [0.29, 0.717) is 25.9 Å². The van der Waals surface area contributed by atoms with Crippen molar-refractivity contribution >= 4 is 11.9 Å². The molecule has 2 atom stereocenters. The van der Waals surface area contributed by atoms with Crippen molar-refractivity contribution in [2.45, 2.75) is 463 Å². The number of unbranched alkanes of at least 4 members (excludes halogenated alkanes) is 61. The molecule has 0 aromatic rings. The van der Waals surface area contributed by atoms with E-state index < -0.39 is 12.1 Å². The van der Waals surface area contributed by atoms with E-state index in [-0.39, 0.29) is 18.5 Å². The average Bonchev–Trinajstić information content (AvgIpc) is 3.52. The number of ether oxygens (including phenoxy) is 1. The Hall–Kier alpha value is -1.40. The van der Waals surface area contributed by atoms with Gasteiger partial charge in [0, 0.05) is 12.8 Å². The summed E-state index contributed by atoms with van der Waals surface area (Å²) in [7, 11) is 0. The number of nitrogens with one attached hydrogen (secondary N) is 1. The van der Waals surface area contributed by atoms with E-state index in [9.17, 15) is 19.8 Å². The number of aliphatic hydroxyl groups is 2. The largest absolute Gasteiger partial charge is 0.466 e. The van der Waals surface area contributed by atoms with Gasteiger partial charge in [-0.1, -0.05) is 398 Å². The Morgan fingerprint density at radius 1 is 0.321 bits per heavy atom. The van der Waals surface area contributed by atoms with Gasteiger partial charge in [-0.05, 0) is 51.4 Å². The molecule has 500 valence electrons. The molecule has 0 aliphatic rings. The molecular weight excluding hydrogens is 1030 g/mol. The number of hydrogen-bond acceptors (Lipinski definition) is 5. The van der Waals surface area contributed by atoms with Gasteiger partial charge in [-0.3, -0.25) is 9.59 Å². The van der Waals surface area contributed by atoms with Crippen LogP contribution in [0.15, 0.2) is 12.2 Å². The number of carbonyl (C=O) groups is 2. The first kappa shape index (κ1) is 82.6. The fourth-order valence-electron chi connectivity index (χ4n) is 12.6. The molecule has 0 aromatic carbocycles. The highest BCUT2D eigenvalue weighted by Gasteiger charge is 2.20. The van der Waals surface area contributed by atoms with Gasteiger partial charge in [0.1, 0.15) is 0 Å². The van der Waals surface area contributed by atoms with Gasteiger partial charge in [0.15, 0.2) is 0 Å². The van der Waals surface area contributed by atoms with E-state index >= 15 is 0 Å². The molecule has 0 fully saturated rings. The lowest BCUT2D eigenvalue weighted by Crippen LogP contribution is -2.45. The number of rotatable bonds is 74. The van der Waals surface area contributed by atoms with E-state index in [1.54, 1.807) is 0 Å². The second-order valence-electron chi connectivity index (χ2n) is 27.0. The lowest BCUT2D eigenvalue weighted by molar-refractivity contribution is -0.143. The number of hydrogen-bond donors (Lipinski definition) is 3. The summed E-state index contributed by atoms with van der Waals surface area (Å²) in [6.45, 7) is 5.00. The van der Waals surface area contributed by atoms with Gasteiger partial charge in [-0.15, -0.1) is 0 Å². The molecule has 0 aliphatic heterocycles. The number of aliphatic hydroxyl groups excluding tert-OH is 2. The van der Waals surface area contributed by atoms with E-state index in [1.807, 2.05) is 0 Å². The number of esters is 1. The van der Waals surface area contributed by atoms with Gasteiger partial charge in [-0.2, -0.15) is 0 Å². The Morgan fingerprint density at radius 2 is 0.560 bits per heavy atom. The minimum Gasteiger partial charge on any atom is -0.466 e. The van der Waals surface area contributed by atoms with Gasteiger partial charge < -0.3 is 20.3 Å². The summed E-state index contributed by atoms with van der Waals surface area (Å²) in [6.07, 6.45) is 92.9. The van der Waals surface area contributed by atoms with Crippen molar-refractivity contribution < 1.29 is 24.5 Å². The monoisotopic (exact) mass is 1180 g/mol. The average molecular weight is 1190 g/mol. The second-order valence-corrected chi connectivity index (χ2v) is 27.0. The van der Waals surface area contributed by atoms with Gasteiger partial charge in [0.05, 0.1) is 25.4 Å². The summed E-state index contributed by atoms with van der Waals surface area (Å²) in [5.41, 5.74) is 0. The summed E-state index contributed by atoms with van der Waals surface area (Å²) in [5, 5.41) is 23.5. The molecule has 0 heterocycles. The van der Waals surface area contributed by atoms with Crippen molar-refractivity contribution in [3.8, 4) is 0 Å². The highest BCUT2D eigenvalue weighted by atomic mass is 16.5. The van der Waals surface area contributed by atoms with E-state index in [0.717, 1.165) is 44.9 Å². The summed E-state index contributed by atoms with van der Waals surface area (Å²) in [4.78, 5) is 24.7. The lowest BCUT2D eigenvalue weighted by Gasteiger charge is -2.22. The third-order valence-corrected chi connectivity index (χ3v) is 18.6. The number of carbonyl (C=O) groups excluding carboxylic acids is 2. The van der Waals surface area contributed by atoms with Gasteiger partial charge in [0.25, 0.3) is 0 Å². The Kier molecular flexibility index (Phi) is 72.8. The van der Waals surface area contributed by atoms with E-state index in [2.05, 4.69) is 31.3 Å². The van der Waals surface area contributed by atoms with Crippen LogP contribution in [0.25, 0.3) is 0 Å². The molecule has 0 radical (unpaired) electrons. The molecule has 6 nitrogen and oxygen atoms in total. The fourth-order valence-corrected chi connectivity index (χ4v) is 12.6. The molecule has 0 aliphatic carbocycles. The highest BCUT2D eigenvalue weighted by Crippen LogP contribution is 2.20. The smallest absolute Gasteiger partial charge is 0.305 e. The summed E-state index contributed by atoms with van der Waals surface area (Å²) in [5.74, 6) is -0.0102. The predicted molar refractivity (Wildman–Crippen MR) is 370 cm³/mol. The maximum absolute atomic E-state index is 12.6. The van der Waals surface area contributed by atoms with E-state index in [4.69, 9.17) is 4.74 Å². The first-order chi connectivity index (χ1) is 41.5. The topological polar surface area (TPSA) is 95.9 Å². The Balaban J connectivity index is 3.34. The van der Waals surface area contributed by atoms with Crippen LogP contribution < -0.4 is 5.32 Å². The van der Waals surface area contributed by atoms with E-state index in [1.165, 1.54) is 372 Å². The Morgan fingerprint density at radius 3 is 0.845 bits per heavy atom. The van der Waals surface area contributed by atoms with Crippen LogP contribution in [0.4, 0.5) is 0 Å². The number of allylic oxidation sites excluding steroid dienone is 2. The second kappa shape index (κ2) is 74.1. The summed E-state index contributed by atoms with van der Waals surface area (Å²) in [6, 6.07) is -0.540. The molecule has 0 spiro atoms. The third-order valence-electron chi connectivity index (χ3n) is 18.6. The Labute approximate surface area is 527 Å². The minimum absolute atomic E-state index is 0.0162. The fraction of sp³-hybridized carbons (Fsp3) is 0.949. The maximum atomic E-state index is 12.6. The van der Waals surface area contributed by atoms with Crippen LogP contribution in [0.5, 0.6) is 0 Å². The zero-order valence-corrected chi connectivity index (χ0v) is 57.4. The standard InChI is InChI=1S/C78H153NO5/c1-3-5-7-9-11-13-15-17-19-21-22-23-29-32-35-39-42-46-50-54-58-62-66-70-76(81)75(74-80)79-77(82)71-67-63-59-55-51-47-43-40-36-33-30-27-25-24-26-28-31-34-37-41-45-49-53-57-61-65-69-73-84-78(83)72-68-64-60-56-52-48-44-38-20-18-16-14-12-10-8-6-4-2/h18,20,75-76,80-81H,3-17,19,21-74H2,1-2H3,(H,79,82)/b20-18-. The number of amides is 1. The van der Waals surface area contributed by atoms with Gasteiger partial charge in [-0.25, -0.2) is 0 Å². The molecule has 3 N–H and O–H groups in total. The SMILES string of the molecule is CCCCCCCC/C=C\CCCCCCCCCC(=O)OCCCCCCCCCCCCCCCCCCCCCCCCCCCCCC(=O)NC(CO)C(O)CCCCCCCCCCCCCCCCCCCCCCCCC. The minimum atomic E-state index is -0.663. The van der Waals surface area contributed by atoms with Crippen molar-refractivity contribution in [3.63, 3.8) is 0 Å². The quantitative estimate of drug-likeness (QED) is 0.0320. The molecule has 1 amide bonds. The van der Waals surface area contributed by atoms with Crippen molar-refractivity contribution in [2.75, 3.05) is 13.2 Å². The lowest BCUT2D eigenvalue weighted by atomic mass is 10.0. The summed E-state index contributed by atoms with van der Waals surface area (Å²) >= 11 is 0. The van der Waals surface area contributed by atoms with Crippen molar-refractivity contribution in [2.24, 2.45) is 0 Å². The molecular formula is C78H153NO5. The summed E-state index contributed by atoms with van der Waals surface area (Å²) < 4.78 is 5.51. The molecule has 84 heavy (non-hydrogen) atoms. The van der Waals surface area contributed by atoms with Crippen LogP contribution in [-0.4, -0.2) is 47.4 Å². The molecule has 0 rings (SSSR count). The third kappa shape index (κ3) is 69.7. The normalized spacial score (nSPS) is 12.5. The molecule has 2 unspecified atom stereocenters. The predicted octanol–water partition coefficient (Wildman–Crippen LogP) is 25.5. The van der Waals surface area contributed by atoms with Crippen LogP contribution >= 0.6 is 0 Å². The highest BCUT2D eigenvalue weighted by molar-refractivity contribution is 5.76. The van der Waals surface area contributed by atoms with Crippen molar-refractivity contribution in [3.05, 3.63) is 12.2 Å². The molecule has 0 saturated heterocycles. The Bertz CT molecular complexity index is 1270. The maximum Gasteiger partial charge on any atom is 0.305 e. The zero-order valence-electron chi connectivity index (χ0n) is 57.4. The van der Waals surface area contributed by atoms with Gasteiger partial charge in [0.2, 0.25) is 5.91 Å². The molecule has 6 heteroatoms. The van der Waals surface area contributed by atoms with Gasteiger partial charge >= 0.3 is 5.97 Å². The first-order valence-electron chi connectivity index (χ1n) is 38.9. The first-order valence-corrected chi connectivity index (χ1v) is 38.9. The molecule has 0 saturated carbocycles. The van der Waals surface area contributed by atoms with Crippen LogP contribution in [-0.2, 0) is 14.3 Å². The van der Waals surface area contributed by atoms with Crippen LogP contribution in [0.3, 0.4) is 0 Å². The van der Waals surface area contributed by atoms with Crippen molar-refractivity contribution in [1.29, 1.82) is 0 Å². The van der Waals surface area contributed by atoms with Crippen LogP contribution in [0, 0.1) is 0 Å². The van der Waals surface area contributed by atoms with Crippen molar-refractivity contribution in [1.82, 2.24) is 5.32 Å². The zero-order chi connectivity index (χ0) is 60.6. The molecule has 0 bridgehead atoms.